The van der Waals surface area contributed by atoms with Crippen molar-refractivity contribution < 1.29 is 13.2 Å². The Kier molecular flexibility index (Phi) is 6.59. The average molecular weight is 363 g/mol. The van der Waals surface area contributed by atoms with Gasteiger partial charge in [0.2, 0.25) is 10.0 Å². The molecular formula is C18H25N3O3S. The Morgan fingerprint density at radius 3 is 2.32 bits per heavy atom. The van der Waals surface area contributed by atoms with Crippen molar-refractivity contribution in [1.29, 1.82) is 0 Å². The van der Waals surface area contributed by atoms with Gasteiger partial charge in [-0.25, -0.2) is 8.42 Å². The lowest BCUT2D eigenvalue weighted by atomic mass is 10.1. The SMILES string of the molecule is C#CCNS(=O)(=O)c1ccc(C(=O)N2CCN(CC(C)C)CC2)cc1. The molecule has 1 aliphatic heterocycles. The second kappa shape index (κ2) is 8.48. The van der Waals surface area contributed by atoms with Crippen molar-refractivity contribution in [3.8, 4) is 12.3 Å². The van der Waals surface area contributed by atoms with E-state index in [1.165, 1.54) is 12.1 Å². The highest BCUT2D eigenvalue weighted by molar-refractivity contribution is 7.89. The first-order valence-corrected chi connectivity index (χ1v) is 9.86. The highest BCUT2D eigenvalue weighted by Gasteiger charge is 2.23. The zero-order chi connectivity index (χ0) is 18.4. The molecule has 0 saturated carbocycles. The predicted octanol–water partition coefficient (Wildman–Crippen LogP) is 1.01. The molecule has 1 N–H and O–H groups in total. The van der Waals surface area contributed by atoms with Crippen molar-refractivity contribution in [2.24, 2.45) is 5.92 Å². The first-order valence-electron chi connectivity index (χ1n) is 8.38. The number of carbonyl (C=O) groups is 1. The fourth-order valence-electron chi connectivity index (χ4n) is 2.83. The Hall–Kier alpha value is -1.88. The van der Waals surface area contributed by atoms with Crippen molar-refractivity contribution in [2.75, 3.05) is 39.3 Å². The summed E-state index contributed by atoms with van der Waals surface area (Å²) < 4.78 is 26.3. The van der Waals surface area contributed by atoms with Gasteiger partial charge in [-0.2, -0.15) is 4.72 Å². The molecule has 1 amide bonds. The van der Waals surface area contributed by atoms with Crippen LogP contribution < -0.4 is 4.72 Å². The number of amides is 1. The average Bonchev–Trinajstić information content (AvgIpc) is 2.60. The Labute approximate surface area is 150 Å². The van der Waals surface area contributed by atoms with Crippen LogP contribution in [-0.2, 0) is 10.0 Å². The minimum absolute atomic E-state index is 0.0651. The zero-order valence-corrected chi connectivity index (χ0v) is 15.6. The van der Waals surface area contributed by atoms with E-state index in [0.717, 1.165) is 19.6 Å². The third-order valence-corrected chi connectivity index (χ3v) is 5.48. The number of carbonyl (C=O) groups excluding carboxylic acids is 1. The number of sulfonamides is 1. The number of terminal acetylenes is 1. The maximum atomic E-state index is 12.6. The summed E-state index contributed by atoms with van der Waals surface area (Å²) >= 11 is 0. The van der Waals surface area contributed by atoms with Crippen LogP contribution in [0.5, 0.6) is 0 Å². The van der Waals surface area contributed by atoms with Crippen molar-refractivity contribution in [2.45, 2.75) is 18.7 Å². The first kappa shape index (κ1) is 19.4. The van der Waals surface area contributed by atoms with Crippen LogP contribution in [-0.4, -0.2) is 63.4 Å². The van der Waals surface area contributed by atoms with Crippen LogP contribution in [0, 0.1) is 18.3 Å². The Balaban J connectivity index is 1.98. The lowest BCUT2D eigenvalue weighted by molar-refractivity contribution is 0.0623. The van der Waals surface area contributed by atoms with Crippen LogP contribution in [0.4, 0.5) is 0 Å². The van der Waals surface area contributed by atoms with Crippen LogP contribution >= 0.6 is 0 Å². The van der Waals surface area contributed by atoms with Gasteiger partial charge in [0.25, 0.3) is 5.91 Å². The molecule has 1 fully saturated rings. The van der Waals surface area contributed by atoms with Crippen molar-refractivity contribution in [1.82, 2.24) is 14.5 Å². The van der Waals surface area contributed by atoms with Gasteiger partial charge in [-0.3, -0.25) is 9.69 Å². The molecule has 0 aliphatic carbocycles. The van der Waals surface area contributed by atoms with Crippen molar-refractivity contribution in [3.63, 3.8) is 0 Å². The van der Waals surface area contributed by atoms with E-state index < -0.39 is 10.0 Å². The van der Waals surface area contributed by atoms with Gasteiger partial charge in [-0.05, 0) is 30.2 Å². The summed E-state index contributed by atoms with van der Waals surface area (Å²) in [6, 6.07) is 5.96. The van der Waals surface area contributed by atoms with Crippen LogP contribution in [0.25, 0.3) is 0 Å². The van der Waals surface area contributed by atoms with E-state index in [-0.39, 0.29) is 17.3 Å². The van der Waals surface area contributed by atoms with Crippen LogP contribution in [0.1, 0.15) is 24.2 Å². The lowest BCUT2D eigenvalue weighted by Crippen LogP contribution is -2.49. The number of rotatable bonds is 6. The van der Waals surface area contributed by atoms with Crippen LogP contribution in [0.2, 0.25) is 0 Å². The summed E-state index contributed by atoms with van der Waals surface area (Å²) in [4.78, 5) is 16.9. The quantitative estimate of drug-likeness (QED) is 0.766. The summed E-state index contributed by atoms with van der Waals surface area (Å²) in [5.74, 6) is 2.77. The third-order valence-electron chi connectivity index (χ3n) is 4.06. The van der Waals surface area contributed by atoms with E-state index in [0.29, 0.717) is 24.6 Å². The van der Waals surface area contributed by atoms with Gasteiger partial charge in [0.05, 0.1) is 11.4 Å². The highest BCUT2D eigenvalue weighted by Crippen LogP contribution is 2.14. The molecule has 7 heteroatoms. The molecule has 0 radical (unpaired) electrons. The number of hydrogen-bond donors (Lipinski definition) is 1. The Morgan fingerprint density at radius 2 is 1.80 bits per heavy atom. The van der Waals surface area contributed by atoms with Crippen molar-refractivity contribution in [3.05, 3.63) is 29.8 Å². The topological polar surface area (TPSA) is 69.7 Å². The molecule has 0 bridgehead atoms. The normalized spacial score (nSPS) is 16.0. The van der Waals surface area contributed by atoms with Gasteiger partial charge in [-0.1, -0.05) is 19.8 Å². The molecular weight excluding hydrogens is 338 g/mol. The molecule has 1 saturated heterocycles. The fraction of sp³-hybridized carbons (Fsp3) is 0.500. The number of nitrogens with one attached hydrogen (secondary N) is 1. The largest absolute Gasteiger partial charge is 0.336 e. The predicted molar refractivity (Wildman–Crippen MR) is 97.6 cm³/mol. The maximum absolute atomic E-state index is 12.6. The molecule has 6 nitrogen and oxygen atoms in total. The summed E-state index contributed by atoms with van der Waals surface area (Å²) in [6.07, 6.45) is 5.07. The minimum atomic E-state index is -3.63. The molecule has 1 aromatic carbocycles. The summed E-state index contributed by atoms with van der Waals surface area (Å²) in [5.41, 5.74) is 0.494. The monoisotopic (exact) mass is 363 g/mol. The Bertz CT molecular complexity index is 728. The molecule has 0 aromatic heterocycles. The third kappa shape index (κ3) is 5.30. The molecule has 0 spiro atoms. The molecule has 136 valence electrons. The van der Waals surface area contributed by atoms with Crippen LogP contribution in [0.3, 0.4) is 0 Å². The van der Waals surface area contributed by atoms with Gasteiger partial charge in [0, 0.05) is 38.3 Å². The van der Waals surface area contributed by atoms with Crippen molar-refractivity contribution >= 4 is 15.9 Å². The van der Waals surface area contributed by atoms with Gasteiger partial charge < -0.3 is 4.90 Å². The van der Waals surface area contributed by atoms with Gasteiger partial charge in [0.1, 0.15) is 0 Å². The molecule has 25 heavy (non-hydrogen) atoms. The second-order valence-corrected chi connectivity index (χ2v) is 8.31. The van der Waals surface area contributed by atoms with E-state index >= 15 is 0 Å². The number of piperazine rings is 1. The molecule has 0 unspecified atom stereocenters. The first-order chi connectivity index (χ1) is 11.8. The fourth-order valence-corrected chi connectivity index (χ4v) is 3.76. The number of hydrogen-bond acceptors (Lipinski definition) is 4. The Morgan fingerprint density at radius 1 is 1.20 bits per heavy atom. The second-order valence-electron chi connectivity index (χ2n) is 6.54. The van der Waals surface area contributed by atoms with Gasteiger partial charge in [-0.15, -0.1) is 6.42 Å². The van der Waals surface area contributed by atoms with E-state index in [9.17, 15) is 13.2 Å². The molecule has 0 atom stereocenters. The molecule has 1 aliphatic rings. The smallest absolute Gasteiger partial charge is 0.253 e. The van der Waals surface area contributed by atoms with E-state index in [4.69, 9.17) is 6.42 Å². The van der Waals surface area contributed by atoms with E-state index in [1.807, 2.05) is 4.90 Å². The highest BCUT2D eigenvalue weighted by atomic mass is 32.2. The van der Waals surface area contributed by atoms with Gasteiger partial charge >= 0.3 is 0 Å². The summed E-state index contributed by atoms with van der Waals surface area (Å²) in [5, 5.41) is 0. The minimum Gasteiger partial charge on any atom is -0.336 e. The molecule has 1 aromatic rings. The van der Waals surface area contributed by atoms with Gasteiger partial charge in [0.15, 0.2) is 0 Å². The summed E-state index contributed by atoms with van der Waals surface area (Å²) in [7, 11) is -3.63. The van der Waals surface area contributed by atoms with E-state index in [1.54, 1.807) is 12.1 Å². The zero-order valence-electron chi connectivity index (χ0n) is 14.7. The standard InChI is InChI=1S/C18H25N3O3S/c1-4-9-19-25(23,24)17-7-5-16(6-8-17)18(22)21-12-10-20(11-13-21)14-15(2)3/h1,5-8,15,19H,9-14H2,2-3H3. The number of nitrogens with zero attached hydrogens (tertiary/aromatic N) is 2. The lowest BCUT2D eigenvalue weighted by Gasteiger charge is -2.35. The maximum Gasteiger partial charge on any atom is 0.253 e. The molecule has 2 rings (SSSR count). The number of benzene rings is 1. The van der Waals surface area contributed by atoms with E-state index in [2.05, 4.69) is 29.4 Å². The summed E-state index contributed by atoms with van der Waals surface area (Å²) in [6.45, 7) is 8.46. The van der Waals surface area contributed by atoms with Crippen LogP contribution in [0.15, 0.2) is 29.2 Å². The molecule has 1 heterocycles.